The van der Waals surface area contributed by atoms with Crippen LogP contribution in [0.1, 0.15) is 27.2 Å². The number of hydrogen-bond acceptors (Lipinski definition) is 2. The van der Waals surface area contributed by atoms with Gasteiger partial charge in [-0.05, 0) is 45.0 Å². The van der Waals surface area contributed by atoms with Gasteiger partial charge in [0.05, 0.1) is 6.42 Å². The quantitative estimate of drug-likeness (QED) is 0.878. The van der Waals surface area contributed by atoms with Crippen molar-refractivity contribution in [2.75, 3.05) is 18.0 Å². The van der Waals surface area contributed by atoms with Crippen molar-refractivity contribution < 1.29 is 19.1 Å². The Morgan fingerprint density at radius 3 is 2.24 bits per heavy atom. The molecule has 0 aliphatic rings. The largest absolute Gasteiger partial charge is 0.481 e. The second kappa shape index (κ2) is 7.61. The molecule has 1 aromatic rings. The highest BCUT2D eigenvalue weighted by Gasteiger charge is 2.23. The highest BCUT2D eigenvalue weighted by atomic mass is 19.1. The van der Waals surface area contributed by atoms with Crippen LogP contribution < -0.4 is 4.90 Å². The minimum absolute atomic E-state index is 0.106. The van der Waals surface area contributed by atoms with Crippen molar-refractivity contribution in [2.24, 2.45) is 0 Å². The molecule has 1 rings (SSSR count). The molecule has 0 bridgehead atoms. The second-order valence-electron chi connectivity index (χ2n) is 4.93. The predicted molar refractivity (Wildman–Crippen MR) is 78.9 cm³/mol. The van der Waals surface area contributed by atoms with Gasteiger partial charge in [0.1, 0.15) is 5.82 Å². The van der Waals surface area contributed by atoms with Gasteiger partial charge in [-0.25, -0.2) is 9.18 Å². The Morgan fingerprint density at radius 2 is 1.81 bits per heavy atom. The molecule has 0 unspecified atom stereocenters. The number of nitrogens with zero attached hydrogens (tertiary/aromatic N) is 2. The maximum Gasteiger partial charge on any atom is 0.324 e. The zero-order valence-electron chi connectivity index (χ0n) is 12.5. The molecule has 0 spiro atoms. The summed E-state index contributed by atoms with van der Waals surface area (Å²) < 4.78 is 13.0. The first-order valence-electron chi connectivity index (χ1n) is 6.92. The summed E-state index contributed by atoms with van der Waals surface area (Å²) >= 11 is 0. The third-order valence-corrected chi connectivity index (χ3v) is 3.12. The fourth-order valence-electron chi connectivity index (χ4n) is 2.00. The topological polar surface area (TPSA) is 60.9 Å². The fraction of sp³-hybridized carbons (Fsp3) is 0.467. The average Bonchev–Trinajstić information content (AvgIpc) is 2.41. The van der Waals surface area contributed by atoms with Crippen LogP contribution in [-0.2, 0) is 4.79 Å². The zero-order chi connectivity index (χ0) is 16.0. The molecule has 1 aromatic carbocycles. The standard InChI is InChI=1S/C15H21FN2O3/c1-4-17(13-7-5-12(16)6-8-13)15(21)18(11(2)3)10-9-14(19)20/h5-8,11H,4,9-10H2,1-3H3,(H,19,20). The van der Waals surface area contributed by atoms with E-state index in [0.717, 1.165) is 0 Å². The van der Waals surface area contributed by atoms with E-state index in [-0.39, 0.29) is 30.9 Å². The van der Waals surface area contributed by atoms with Crippen molar-refractivity contribution >= 4 is 17.7 Å². The Labute approximate surface area is 124 Å². The Kier molecular flexibility index (Phi) is 6.14. The number of aliphatic carboxylic acids is 1. The van der Waals surface area contributed by atoms with E-state index in [2.05, 4.69) is 0 Å². The summed E-state index contributed by atoms with van der Waals surface area (Å²) in [6.45, 7) is 6.04. The van der Waals surface area contributed by atoms with Crippen molar-refractivity contribution in [2.45, 2.75) is 33.2 Å². The maximum absolute atomic E-state index is 13.0. The number of carbonyl (C=O) groups excluding carboxylic acids is 1. The van der Waals surface area contributed by atoms with E-state index in [9.17, 15) is 14.0 Å². The van der Waals surface area contributed by atoms with Gasteiger partial charge in [0, 0.05) is 24.8 Å². The van der Waals surface area contributed by atoms with Crippen LogP contribution in [0.5, 0.6) is 0 Å². The van der Waals surface area contributed by atoms with Crippen molar-refractivity contribution in [3.05, 3.63) is 30.1 Å². The maximum atomic E-state index is 13.0. The number of carboxylic acids is 1. The number of benzene rings is 1. The van der Waals surface area contributed by atoms with Crippen LogP contribution in [-0.4, -0.2) is 41.1 Å². The number of urea groups is 1. The molecule has 0 aliphatic carbocycles. The molecule has 5 nitrogen and oxygen atoms in total. The van der Waals surface area contributed by atoms with Crippen molar-refractivity contribution in [3.63, 3.8) is 0 Å². The van der Waals surface area contributed by atoms with E-state index in [1.807, 2.05) is 20.8 Å². The average molecular weight is 296 g/mol. The molecule has 6 heteroatoms. The summed E-state index contributed by atoms with van der Waals surface area (Å²) in [4.78, 5) is 26.3. The first kappa shape index (κ1) is 16.9. The van der Waals surface area contributed by atoms with Crippen molar-refractivity contribution in [1.82, 2.24) is 4.90 Å². The van der Waals surface area contributed by atoms with Gasteiger partial charge in [0.2, 0.25) is 0 Å². The number of carbonyl (C=O) groups is 2. The molecule has 116 valence electrons. The summed E-state index contributed by atoms with van der Waals surface area (Å²) in [6, 6.07) is 5.26. The third kappa shape index (κ3) is 4.73. The molecule has 0 radical (unpaired) electrons. The number of halogens is 1. The lowest BCUT2D eigenvalue weighted by Crippen LogP contribution is -2.47. The number of amides is 2. The van der Waals surface area contributed by atoms with Gasteiger partial charge >= 0.3 is 12.0 Å². The van der Waals surface area contributed by atoms with Gasteiger partial charge in [0.15, 0.2) is 0 Å². The molecule has 0 aromatic heterocycles. The summed E-state index contributed by atoms with van der Waals surface area (Å²) in [6.07, 6.45) is -0.106. The Balaban J connectivity index is 2.93. The number of anilines is 1. The number of carboxylic acid groups (broad SMARTS) is 1. The Bertz CT molecular complexity index is 488. The molecular weight excluding hydrogens is 275 g/mol. The molecule has 2 amide bonds. The highest BCUT2D eigenvalue weighted by molar-refractivity contribution is 5.92. The normalized spacial score (nSPS) is 10.5. The van der Waals surface area contributed by atoms with Gasteiger partial charge in [-0.15, -0.1) is 0 Å². The van der Waals surface area contributed by atoms with E-state index in [4.69, 9.17) is 5.11 Å². The smallest absolute Gasteiger partial charge is 0.324 e. The van der Waals surface area contributed by atoms with E-state index < -0.39 is 5.97 Å². The van der Waals surface area contributed by atoms with E-state index in [1.54, 1.807) is 0 Å². The summed E-state index contributed by atoms with van der Waals surface area (Å²) in [5, 5.41) is 8.78. The fourth-order valence-corrected chi connectivity index (χ4v) is 2.00. The van der Waals surface area contributed by atoms with E-state index in [1.165, 1.54) is 34.1 Å². The zero-order valence-corrected chi connectivity index (χ0v) is 12.5. The number of rotatable bonds is 6. The lowest BCUT2D eigenvalue weighted by atomic mass is 10.2. The lowest BCUT2D eigenvalue weighted by Gasteiger charge is -2.32. The molecule has 21 heavy (non-hydrogen) atoms. The van der Waals surface area contributed by atoms with Crippen molar-refractivity contribution in [3.8, 4) is 0 Å². The van der Waals surface area contributed by atoms with E-state index in [0.29, 0.717) is 12.2 Å². The minimum atomic E-state index is -0.946. The SMILES string of the molecule is CCN(C(=O)N(CCC(=O)O)C(C)C)c1ccc(F)cc1. The Morgan fingerprint density at radius 1 is 1.24 bits per heavy atom. The van der Waals surface area contributed by atoms with Crippen LogP contribution >= 0.6 is 0 Å². The van der Waals surface area contributed by atoms with Crippen LogP contribution in [0.15, 0.2) is 24.3 Å². The molecule has 1 N–H and O–H groups in total. The Hall–Kier alpha value is -2.11. The van der Waals surface area contributed by atoms with Crippen LogP contribution in [0.25, 0.3) is 0 Å². The monoisotopic (exact) mass is 296 g/mol. The van der Waals surface area contributed by atoms with Crippen LogP contribution in [0.2, 0.25) is 0 Å². The first-order chi connectivity index (χ1) is 9.86. The second-order valence-corrected chi connectivity index (χ2v) is 4.93. The summed E-state index contributed by atoms with van der Waals surface area (Å²) in [7, 11) is 0. The number of hydrogen-bond donors (Lipinski definition) is 1. The predicted octanol–water partition coefficient (Wildman–Crippen LogP) is 2.96. The molecular formula is C15H21FN2O3. The minimum Gasteiger partial charge on any atom is -0.481 e. The van der Waals surface area contributed by atoms with Crippen LogP contribution in [0.3, 0.4) is 0 Å². The lowest BCUT2D eigenvalue weighted by molar-refractivity contribution is -0.137. The summed E-state index contributed by atoms with van der Waals surface area (Å²) in [5.41, 5.74) is 0.588. The van der Waals surface area contributed by atoms with Gasteiger partial charge in [-0.1, -0.05) is 0 Å². The molecule has 0 fully saturated rings. The third-order valence-electron chi connectivity index (χ3n) is 3.12. The molecule has 0 heterocycles. The molecule has 0 saturated carbocycles. The van der Waals surface area contributed by atoms with Gasteiger partial charge in [-0.3, -0.25) is 9.69 Å². The van der Waals surface area contributed by atoms with Crippen LogP contribution in [0, 0.1) is 5.82 Å². The highest BCUT2D eigenvalue weighted by Crippen LogP contribution is 2.18. The molecule has 0 aliphatic heterocycles. The van der Waals surface area contributed by atoms with Crippen LogP contribution in [0.4, 0.5) is 14.9 Å². The van der Waals surface area contributed by atoms with Gasteiger partial charge in [-0.2, -0.15) is 0 Å². The summed E-state index contributed by atoms with van der Waals surface area (Å²) in [5.74, 6) is -1.31. The molecule has 0 atom stereocenters. The van der Waals surface area contributed by atoms with Gasteiger partial charge in [0.25, 0.3) is 0 Å². The van der Waals surface area contributed by atoms with Gasteiger partial charge < -0.3 is 10.0 Å². The van der Waals surface area contributed by atoms with Crippen molar-refractivity contribution in [1.29, 1.82) is 0 Å². The van der Waals surface area contributed by atoms with E-state index >= 15 is 0 Å². The molecule has 0 saturated heterocycles. The first-order valence-corrected chi connectivity index (χ1v) is 6.92.